The summed E-state index contributed by atoms with van der Waals surface area (Å²) in [6.45, 7) is 0.546. The molecule has 0 bridgehead atoms. The van der Waals surface area contributed by atoms with Crippen LogP contribution in [0.1, 0.15) is 30.4 Å². The fraction of sp³-hybridized carbons (Fsp3) is 0.222. The highest BCUT2D eigenvalue weighted by Gasteiger charge is 2.12. The summed E-state index contributed by atoms with van der Waals surface area (Å²) in [5.74, 6) is 1.14. The molecule has 102 valence electrons. The van der Waals surface area contributed by atoms with Crippen molar-refractivity contribution in [2.75, 3.05) is 0 Å². The number of rotatable bonds is 4. The topological polar surface area (TPSA) is 29.5 Å². The second-order valence-electron chi connectivity index (χ2n) is 5.07. The molecule has 2 nitrogen and oxygen atoms in total. The first-order chi connectivity index (χ1) is 9.83. The average Bonchev–Trinajstić information content (AvgIpc) is 3.01. The molecule has 2 aromatic carbocycles. The summed E-state index contributed by atoms with van der Waals surface area (Å²) in [6.07, 6.45) is 5.51. The van der Waals surface area contributed by atoms with Crippen molar-refractivity contribution >= 4 is 5.57 Å². The lowest BCUT2D eigenvalue weighted by molar-refractivity contribution is 0.305. The van der Waals surface area contributed by atoms with E-state index in [9.17, 15) is 5.11 Å². The van der Waals surface area contributed by atoms with Crippen LogP contribution in [0.15, 0.2) is 54.6 Å². The number of aromatic hydroxyl groups is 1. The van der Waals surface area contributed by atoms with Gasteiger partial charge < -0.3 is 9.84 Å². The van der Waals surface area contributed by atoms with Gasteiger partial charge in [0, 0.05) is 5.56 Å². The molecule has 2 aromatic rings. The van der Waals surface area contributed by atoms with Gasteiger partial charge >= 0.3 is 0 Å². The molecule has 0 aliphatic heterocycles. The van der Waals surface area contributed by atoms with Crippen molar-refractivity contribution in [3.8, 4) is 11.5 Å². The quantitative estimate of drug-likeness (QED) is 0.880. The van der Waals surface area contributed by atoms with Gasteiger partial charge in [-0.25, -0.2) is 0 Å². The van der Waals surface area contributed by atoms with E-state index < -0.39 is 0 Å². The van der Waals surface area contributed by atoms with Gasteiger partial charge in [0.1, 0.15) is 18.1 Å². The minimum atomic E-state index is 0.338. The van der Waals surface area contributed by atoms with E-state index in [1.807, 2.05) is 42.5 Å². The molecule has 0 saturated carbocycles. The summed E-state index contributed by atoms with van der Waals surface area (Å²) in [6, 6.07) is 15.6. The maximum atomic E-state index is 9.98. The van der Waals surface area contributed by atoms with E-state index in [2.05, 4.69) is 6.08 Å². The van der Waals surface area contributed by atoms with Gasteiger partial charge in [0.15, 0.2) is 0 Å². The summed E-state index contributed by atoms with van der Waals surface area (Å²) >= 11 is 0. The first kappa shape index (κ1) is 12.8. The first-order valence-corrected chi connectivity index (χ1v) is 7.02. The smallest absolute Gasteiger partial charge is 0.123 e. The molecule has 0 aromatic heterocycles. The molecular formula is C18H18O2. The van der Waals surface area contributed by atoms with Crippen molar-refractivity contribution in [3.63, 3.8) is 0 Å². The molecule has 3 rings (SSSR count). The van der Waals surface area contributed by atoms with Gasteiger partial charge in [0.25, 0.3) is 0 Å². The number of benzene rings is 2. The van der Waals surface area contributed by atoms with Crippen LogP contribution in [0.4, 0.5) is 0 Å². The summed E-state index contributed by atoms with van der Waals surface area (Å²) in [5.41, 5.74) is 3.28. The largest absolute Gasteiger partial charge is 0.507 e. The number of hydrogen-bond acceptors (Lipinski definition) is 2. The molecule has 1 aliphatic carbocycles. The highest BCUT2D eigenvalue weighted by Crippen LogP contribution is 2.35. The Labute approximate surface area is 119 Å². The molecule has 1 aliphatic rings. The molecule has 0 spiro atoms. The Hall–Kier alpha value is -2.22. The molecule has 0 heterocycles. The van der Waals surface area contributed by atoms with Crippen LogP contribution in [0, 0.1) is 0 Å². The summed E-state index contributed by atoms with van der Waals surface area (Å²) in [7, 11) is 0. The molecule has 0 fully saturated rings. The zero-order valence-corrected chi connectivity index (χ0v) is 11.4. The van der Waals surface area contributed by atoms with E-state index in [1.54, 1.807) is 6.07 Å². The molecule has 0 amide bonds. The fourth-order valence-corrected chi connectivity index (χ4v) is 2.52. The van der Waals surface area contributed by atoms with E-state index in [0.717, 1.165) is 29.7 Å². The van der Waals surface area contributed by atoms with Gasteiger partial charge in [-0.05, 0) is 48.6 Å². The fourth-order valence-electron chi connectivity index (χ4n) is 2.52. The standard InChI is InChI=1S/C18H18O2/c19-18-11-10-16(12-17(18)15-8-4-5-9-15)20-13-14-6-2-1-3-7-14/h1-3,6-8,10-12,19H,4-5,9,13H2. The van der Waals surface area contributed by atoms with Crippen LogP contribution in [-0.4, -0.2) is 5.11 Å². The lowest BCUT2D eigenvalue weighted by Gasteiger charge is -2.10. The molecular weight excluding hydrogens is 248 g/mol. The zero-order valence-electron chi connectivity index (χ0n) is 11.4. The third-order valence-corrected chi connectivity index (χ3v) is 3.60. The molecule has 0 radical (unpaired) electrons. The second kappa shape index (κ2) is 5.83. The van der Waals surface area contributed by atoms with Crippen LogP contribution in [0.3, 0.4) is 0 Å². The summed E-state index contributed by atoms with van der Waals surface area (Å²) < 4.78 is 5.81. The summed E-state index contributed by atoms with van der Waals surface area (Å²) in [5, 5.41) is 9.98. The molecule has 1 N–H and O–H groups in total. The lowest BCUT2D eigenvalue weighted by Crippen LogP contribution is -1.95. The van der Waals surface area contributed by atoms with Crippen molar-refractivity contribution in [1.29, 1.82) is 0 Å². The molecule has 20 heavy (non-hydrogen) atoms. The van der Waals surface area contributed by atoms with E-state index in [4.69, 9.17) is 4.74 Å². The predicted molar refractivity (Wildman–Crippen MR) is 80.7 cm³/mol. The third-order valence-electron chi connectivity index (χ3n) is 3.60. The van der Waals surface area contributed by atoms with Crippen molar-refractivity contribution in [2.45, 2.75) is 25.9 Å². The molecule has 0 unspecified atom stereocenters. The average molecular weight is 266 g/mol. The van der Waals surface area contributed by atoms with Crippen molar-refractivity contribution in [1.82, 2.24) is 0 Å². The Morgan fingerprint density at radius 2 is 1.90 bits per heavy atom. The molecule has 2 heteroatoms. The van der Waals surface area contributed by atoms with Gasteiger partial charge in [-0.1, -0.05) is 36.4 Å². The van der Waals surface area contributed by atoms with Gasteiger partial charge in [0.2, 0.25) is 0 Å². The van der Waals surface area contributed by atoms with Crippen LogP contribution in [0.25, 0.3) is 5.57 Å². The first-order valence-electron chi connectivity index (χ1n) is 7.02. The predicted octanol–water partition coefficient (Wildman–Crippen LogP) is 4.54. The van der Waals surface area contributed by atoms with Gasteiger partial charge in [-0.2, -0.15) is 0 Å². The normalized spacial score (nSPS) is 14.1. The van der Waals surface area contributed by atoms with Gasteiger partial charge in [-0.3, -0.25) is 0 Å². The third kappa shape index (κ3) is 2.85. The minimum Gasteiger partial charge on any atom is -0.507 e. The van der Waals surface area contributed by atoms with Crippen LogP contribution < -0.4 is 4.74 Å². The highest BCUT2D eigenvalue weighted by molar-refractivity contribution is 5.72. The van der Waals surface area contributed by atoms with E-state index in [0.29, 0.717) is 12.4 Å². The number of phenolic OH excluding ortho intramolecular Hbond substituents is 1. The van der Waals surface area contributed by atoms with Crippen LogP contribution in [0.5, 0.6) is 11.5 Å². The van der Waals surface area contributed by atoms with E-state index in [1.165, 1.54) is 12.0 Å². The number of ether oxygens (including phenoxy) is 1. The Morgan fingerprint density at radius 3 is 2.65 bits per heavy atom. The molecule has 0 saturated heterocycles. The van der Waals surface area contributed by atoms with Crippen LogP contribution in [-0.2, 0) is 6.61 Å². The zero-order chi connectivity index (χ0) is 13.8. The summed E-state index contributed by atoms with van der Waals surface area (Å²) in [4.78, 5) is 0. The van der Waals surface area contributed by atoms with Crippen molar-refractivity contribution in [2.24, 2.45) is 0 Å². The van der Waals surface area contributed by atoms with Crippen molar-refractivity contribution in [3.05, 3.63) is 65.7 Å². The van der Waals surface area contributed by atoms with Gasteiger partial charge in [-0.15, -0.1) is 0 Å². The Bertz CT molecular complexity index is 615. The number of phenols is 1. The maximum Gasteiger partial charge on any atom is 0.123 e. The maximum absolute atomic E-state index is 9.98. The Morgan fingerprint density at radius 1 is 1.05 bits per heavy atom. The van der Waals surface area contributed by atoms with Crippen molar-refractivity contribution < 1.29 is 9.84 Å². The van der Waals surface area contributed by atoms with Gasteiger partial charge in [0.05, 0.1) is 0 Å². The van der Waals surface area contributed by atoms with Crippen LogP contribution in [0.2, 0.25) is 0 Å². The number of hydrogen-bond donors (Lipinski definition) is 1. The Kier molecular flexibility index (Phi) is 3.73. The second-order valence-corrected chi connectivity index (χ2v) is 5.07. The SMILES string of the molecule is Oc1ccc(OCc2ccccc2)cc1C1=CCCC1. The Balaban J connectivity index is 1.75. The lowest BCUT2D eigenvalue weighted by atomic mass is 10.0. The van der Waals surface area contributed by atoms with E-state index in [-0.39, 0.29) is 0 Å². The minimum absolute atomic E-state index is 0.338. The monoisotopic (exact) mass is 266 g/mol. The van der Waals surface area contributed by atoms with Crippen LogP contribution >= 0.6 is 0 Å². The van der Waals surface area contributed by atoms with E-state index >= 15 is 0 Å². The highest BCUT2D eigenvalue weighted by atomic mass is 16.5. The number of allylic oxidation sites excluding steroid dienone is 2. The molecule has 0 atom stereocenters.